The number of fused-ring (bicyclic) bond motifs is 5. The van der Waals surface area contributed by atoms with E-state index in [1.807, 2.05) is 0 Å². The van der Waals surface area contributed by atoms with Gasteiger partial charge in [0.2, 0.25) is 0 Å². The fourth-order valence-corrected chi connectivity index (χ4v) is 3.69. The Balaban J connectivity index is 2.17. The first-order chi connectivity index (χ1) is 9.66. The molecule has 0 radical (unpaired) electrons. The standard InChI is InChI=1S/C20H18/c1-12-10-13(2)19-18(14(12)3)11-16-9-8-15-6-4-5-7-17(15)20(16)19/h4-10H,11H2,1-3H3. The molecule has 0 bridgehead atoms. The average molecular weight is 258 g/mol. The van der Waals surface area contributed by atoms with Crippen LogP contribution in [0.25, 0.3) is 21.9 Å². The number of hydrogen-bond acceptors (Lipinski definition) is 0. The second-order valence-corrected chi connectivity index (χ2v) is 5.99. The molecule has 0 saturated carbocycles. The van der Waals surface area contributed by atoms with Crippen LogP contribution < -0.4 is 0 Å². The zero-order valence-electron chi connectivity index (χ0n) is 12.2. The quantitative estimate of drug-likeness (QED) is 0.399. The van der Waals surface area contributed by atoms with E-state index in [0.29, 0.717) is 0 Å². The van der Waals surface area contributed by atoms with E-state index in [0.717, 1.165) is 6.42 Å². The summed E-state index contributed by atoms with van der Waals surface area (Å²) < 4.78 is 0. The van der Waals surface area contributed by atoms with Gasteiger partial charge in [0, 0.05) is 0 Å². The summed E-state index contributed by atoms with van der Waals surface area (Å²) in [4.78, 5) is 0. The SMILES string of the molecule is Cc1cc(C)c2c(c1C)Cc1ccc3ccccc3c1-2. The minimum atomic E-state index is 1.09. The Morgan fingerprint density at radius 3 is 2.45 bits per heavy atom. The Labute approximate surface area is 120 Å². The number of hydrogen-bond donors (Lipinski definition) is 0. The highest BCUT2D eigenvalue weighted by Gasteiger charge is 2.24. The van der Waals surface area contributed by atoms with Gasteiger partial charge in [0.25, 0.3) is 0 Å². The molecule has 0 heterocycles. The van der Waals surface area contributed by atoms with E-state index >= 15 is 0 Å². The summed E-state index contributed by atoms with van der Waals surface area (Å²) in [5.41, 5.74) is 10.3. The van der Waals surface area contributed by atoms with Crippen molar-refractivity contribution in [1.29, 1.82) is 0 Å². The second-order valence-electron chi connectivity index (χ2n) is 5.99. The van der Waals surface area contributed by atoms with Crippen molar-refractivity contribution in [2.45, 2.75) is 27.2 Å². The lowest BCUT2D eigenvalue weighted by molar-refractivity contribution is 1.18. The first-order valence-electron chi connectivity index (χ1n) is 7.27. The molecule has 0 amide bonds. The van der Waals surface area contributed by atoms with Gasteiger partial charge >= 0.3 is 0 Å². The molecule has 1 aliphatic carbocycles. The van der Waals surface area contributed by atoms with Crippen molar-refractivity contribution in [1.82, 2.24) is 0 Å². The molecule has 98 valence electrons. The highest BCUT2D eigenvalue weighted by atomic mass is 14.3. The molecule has 0 aliphatic heterocycles. The Kier molecular flexibility index (Phi) is 2.32. The lowest BCUT2D eigenvalue weighted by Gasteiger charge is -2.13. The van der Waals surface area contributed by atoms with Gasteiger partial charge in [-0.15, -0.1) is 0 Å². The molecular weight excluding hydrogens is 240 g/mol. The van der Waals surface area contributed by atoms with Gasteiger partial charge in [0.15, 0.2) is 0 Å². The van der Waals surface area contributed by atoms with Crippen molar-refractivity contribution >= 4 is 10.8 Å². The van der Waals surface area contributed by atoms with Crippen LogP contribution in [0.15, 0.2) is 42.5 Å². The van der Waals surface area contributed by atoms with E-state index in [-0.39, 0.29) is 0 Å². The molecule has 0 heteroatoms. The maximum Gasteiger partial charge on any atom is -0.00104 e. The molecule has 0 aromatic heterocycles. The molecule has 0 nitrogen and oxygen atoms in total. The summed E-state index contributed by atoms with van der Waals surface area (Å²) in [6.07, 6.45) is 1.09. The molecule has 0 spiro atoms. The van der Waals surface area contributed by atoms with Crippen molar-refractivity contribution < 1.29 is 0 Å². The zero-order chi connectivity index (χ0) is 13.9. The third kappa shape index (κ3) is 1.42. The van der Waals surface area contributed by atoms with Crippen molar-refractivity contribution in [2.75, 3.05) is 0 Å². The van der Waals surface area contributed by atoms with E-state index in [1.165, 1.54) is 49.7 Å². The van der Waals surface area contributed by atoms with Crippen LogP contribution in [0.4, 0.5) is 0 Å². The molecule has 0 unspecified atom stereocenters. The Morgan fingerprint density at radius 2 is 1.60 bits per heavy atom. The number of rotatable bonds is 0. The molecule has 4 rings (SSSR count). The van der Waals surface area contributed by atoms with Gasteiger partial charge in [-0.3, -0.25) is 0 Å². The Hall–Kier alpha value is -2.08. The molecular formula is C20H18. The molecule has 0 saturated heterocycles. The van der Waals surface area contributed by atoms with E-state index in [9.17, 15) is 0 Å². The van der Waals surface area contributed by atoms with E-state index in [1.54, 1.807) is 0 Å². The van der Waals surface area contributed by atoms with Crippen LogP contribution in [0.5, 0.6) is 0 Å². The van der Waals surface area contributed by atoms with Crippen LogP contribution in [-0.4, -0.2) is 0 Å². The van der Waals surface area contributed by atoms with Crippen molar-refractivity contribution in [3.05, 3.63) is 70.3 Å². The minimum Gasteiger partial charge on any atom is -0.0616 e. The van der Waals surface area contributed by atoms with Crippen molar-refractivity contribution in [3.63, 3.8) is 0 Å². The monoisotopic (exact) mass is 258 g/mol. The van der Waals surface area contributed by atoms with E-state index in [2.05, 4.69) is 63.2 Å². The Bertz CT molecular complexity index is 854. The number of aryl methyl sites for hydroxylation is 2. The minimum absolute atomic E-state index is 1.09. The predicted octanol–water partition coefficient (Wildman–Crippen LogP) is 5.34. The zero-order valence-corrected chi connectivity index (χ0v) is 12.2. The normalized spacial score (nSPS) is 12.6. The van der Waals surface area contributed by atoms with Gasteiger partial charge in [0.1, 0.15) is 0 Å². The summed E-state index contributed by atoms with van der Waals surface area (Å²) in [6, 6.07) is 15.7. The second kappa shape index (κ2) is 3.96. The third-order valence-corrected chi connectivity index (χ3v) is 4.81. The van der Waals surface area contributed by atoms with Gasteiger partial charge < -0.3 is 0 Å². The molecule has 20 heavy (non-hydrogen) atoms. The van der Waals surface area contributed by atoms with Crippen LogP contribution in [0.2, 0.25) is 0 Å². The summed E-state index contributed by atoms with van der Waals surface area (Å²) in [5, 5.41) is 2.74. The van der Waals surface area contributed by atoms with Gasteiger partial charge in [0.05, 0.1) is 0 Å². The summed E-state index contributed by atoms with van der Waals surface area (Å²) >= 11 is 0. The van der Waals surface area contributed by atoms with E-state index < -0.39 is 0 Å². The topological polar surface area (TPSA) is 0 Å². The summed E-state index contributed by atoms with van der Waals surface area (Å²) in [7, 11) is 0. The van der Waals surface area contributed by atoms with Gasteiger partial charge in [-0.25, -0.2) is 0 Å². The molecule has 1 aliphatic rings. The van der Waals surface area contributed by atoms with Gasteiger partial charge in [-0.1, -0.05) is 42.5 Å². The molecule has 0 N–H and O–H groups in total. The lowest BCUT2D eigenvalue weighted by atomic mass is 9.92. The fourth-order valence-electron chi connectivity index (χ4n) is 3.69. The first kappa shape index (κ1) is 11.7. The highest BCUT2D eigenvalue weighted by molar-refractivity contribution is 6.02. The van der Waals surface area contributed by atoms with Gasteiger partial charge in [-0.05, 0) is 76.9 Å². The summed E-state index contributed by atoms with van der Waals surface area (Å²) in [6.45, 7) is 6.74. The van der Waals surface area contributed by atoms with Crippen molar-refractivity contribution in [3.8, 4) is 11.1 Å². The Morgan fingerprint density at radius 1 is 0.800 bits per heavy atom. The molecule has 0 atom stereocenters. The largest absolute Gasteiger partial charge is 0.0616 e. The molecule has 3 aromatic rings. The van der Waals surface area contributed by atoms with Crippen LogP contribution >= 0.6 is 0 Å². The maximum absolute atomic E-state index is 2.34. The van der Waals surface area contributed by atoms with Crippen LogP contribution in [0.3, 0.4) is 0 Å². The van der Waals surface area contributed by atoms with Crippen LogP contribution in [-0.2, 0) is 6.42 Å². The first-order valence-corrected chi connectivity index (χ1v) is 7.27. The third-order valence-electron chi connectivity index (χ3n) is 4.81. The average Bonchev–Trinajstić information content (AvgIpc) is 2.85. The number of benzene rings is 3. The lowest BCUT2D eigenvalue weighted by Crippen LogP contribution is -1.93. The van der Waals surface area contributed by atoms with Crippen LogP contribution in [0, 0.1) is 20.8 Å². The molecule has 0 fully saturated rings. The fraction of sp³-hybridized carbons (Fsp3) is 0.200. The predicted molar refractivity (Wildman–Crippen MR) is 86.4 cm³/mol. The highest BCUT2D eigenvalue weighted by Crippen LogP contribution is 2.44. The van der Waals surface area contributed by atoms with Crippen molar-refractivity contribution in [2.24, 2.45) is 0 Å². The van der Waals surface area contributed by atoms with Gasteiger partial charge in [-0.2, -0.15) is 0 Å². The van der Waals surface area contributed by atoms with E-state index in [4.69, 9.17) is 0 Å². The molecule has 3 aromatic carbocycles. The smallest absolute Gasteiger partial charge is 0.00104 e. The van der Waals surface area contributed by atoms with Crippen LogP contribution in [0.1, 0.15) is 27.8 Å². The maximum atomic E-state index is 2.34. The summed E-state index contributed by atoms with van der Waals surface area (Å²) in [5.74, 6) is 0.